The summed E-state index contributed by atoms with van der Waals surface area (Å²) in [6.07, 6.45) is -0.959. The van der Waals surface area contributed by atoms with Crippen LogP contribution in [0.1, 0.15) is 29.7 Å². The van der Waals surface area contributed by atoms with Crippen LogP contribution in [-0.4, -0.2) is 57.8 Å². The Morgan fingerprint density at radius 2 is 2.03 bits per heavy atom. The van der Waals surface area contributed by atoms with E-state index in [1.807, 2.05) is 10.2 Å². The first kappa shape index (κ1) is 25.3. The van der Waals surface area contributed by atoms with E-state index in [0.29, 0.717) is 42.4 Å². The number of anilines is 3. The number of nitrogens with zero attached hydrogens (tertiary/aromatic N) is 5. The van der Waals surface area contributed by atoms with Gasteiger partial charge in [-0.05, 0) is 31.5 Å². The quantitative estimate of drug-likeness (QED) is 0.530. The fourth-order valence-corrected chi connectivity index (χ4v) is 4.56. The van der Waals surface area contributed by atoms with Crippen molar-refractivity contribution in [1.82, 2.24) is 19.9 Å². The minimum Gasteiger partial charge on any atom is -0.441 e. The van der Waals surface area contributed by atoms with Crippen LogP contribution in [0.4, 0.5) is 35.2 Å². The van der Waals surface area contributed by atoms with Crippen LogP contribution in [0.3, 0.4) is 0 Å². The van der Waals surface area contributed by atoms with E-state index in [1.165, 1.54) is 34.8 Å². The molecule has 0 aromatic carbocycles. The van der Waals surface area contributed by atoms with Crippen LogP contribution in [0.15, 0.2) is 39.8 Å². The van der Waals surface area contributed by atoms with Crippen molar-refractivity contribution >= 4 is 29.1 Å². The Kier molecular flexibility index (Phi) is 6.12. The molecule has 5 rings (SSSR count). The molecule has 0 radical (unpaired) electrons. The largest absolute Gasteiger partial charge is 0.441 e. The molecular weight excluding hydrogens is 507 g/mol. The maximum Gasteiger partial charge on any atom is 0.408 e. The van der Waals surface area contributed by atoms with Crippen LogP contribution in [0.25, 0.3) is 11.3 Å². The predicted octanol–water partition coefficient (Wildman–Crippen LogP) is 3.06. The van der Waals surface area contributed by atoms with Gasteiger partial charge in [-0.1, -0.05) is 0 Å². The molecular formula is C24H24F3N7O4. The SMILES string of the molecule is Cc1ncc(-c2cc(NC(=O)N3c4nc(C(=O)NC(C)C(F)(F)F)ccc4N4CC[C@H]3C4)c(=O)n(C)c2)o1. The van der Waals surface area contributed by atoms with Gasteiger partial charge < -0.3 is 24.5 Å². The molecule has 3 aromatic rings. The lowest BCUT2D eigenvalue weighted by molar-refractivity contribution is -0.149. The number of hydrogen-bond acceptors (Lipinski definition) is 7. The number of rotatable bonds is 4. The first-order chi connectivity index (χ1) is 17.9. The molecule has 11 nitrogen and oxygen atoms in total. The van der Waals surface area contributed by atoms with Crippen molar-refractivity contribution in [3.05, 3.63) is 52.5 Å². The zero-order valence-corrected chi connectivity index (χ0v) is 20.7. The Hall–Kier alpha value is -4.36. The third-order valence-electron chi connectivity index (χ3n) is 6.57. The van der Waals surface area contributed by atoms with E-state index in [9.17, 15) is 27.6 Å². The lowest BCUT2D eigenvalue weighted by Crippen LogP contribution is -2.49. The fourth-order valence-electron chi connectivity index (χ4n) is 4.56. The molecule has 0 spiro atoms. The van der Waals surface area contributed by atoms with E-state index in [1.54, 1.807) is 19.2 Å². The van der Waals surface area contributed by atoms with Gasteiger partial charge in [-0.15, -0.1) is 0 Å². The number of hydrogen-bond donors (Lipinski definition) is 2. The van der Waals surface area contributed by atoms with E-state index >= 15 is 0 Å². The number of alkyl halides is 3. The van der Waals surface area contributed by atoms with Gasteiger partial charge in [0.1, 0.15) is 17.4 Å². The molecule has 3 aromatic heterocycles. The summed E-state index contributed by atoms with van der Waals surface area (Å²) in [5, 5.41) is 4.53. The zero-order chi connectivity index (χ0) is 27.4. The molecule has 2 aliphatic heterocycles. The first-order valence-corrected chi connectivity index (χ1v) is 11.8. The number of amides is 3. The molecule has 2 atom stereocenters. The van der Waals surface area contributed by atoms with Gasteiger partial charge in [0.05, 0.1) is 17.9 Å². The predicted molar refractivity (Wildman–Crippen MR) is 131 cm³/mol. The fraction of sp³-hybridized carbons (Fsp3) is 0.375. The number of aryl methyl sites for hydroxylation is 2. The second kappa shape index (κ2) is 9.19. The van der Waals surface area contributed by atoms with Crippen LogP contribution in [0, 0.1) is 6.92 Å². The molecule has 0 aliphatic carbocycles. The topological polar surface area (TPSA) is 126 Å². The molecule has 0 saturated carbocycles. The number of carbonyl (C=O) groups is 2. The Labute approximate surface area is 214 Å². The van der Waals surface area contributed by atoms with Gasteiger partial charge in [0, 0.05) is 38.8 Å². The van der Waals surface area contributed by atoms with Crippen molar-refractivity contribution in [3.63, 3.8) is 0 Å². The second-order valence-corrected chi connectivity index (χ2v) is 9.27. The Bertz CT molecular complexity index is 1480. The summed E-state index contributed by atoms with van der Waals surface area (Å²) in [4.78, 5) is 50.6. The molecule has 1 saturated heterocycles. The Balaban J connectivity index is 1.47. The minimum absolute atomic E-state index is 0.0149. The molecule has 200 valence electrons. The van der Waals surface area contributed by atoms with Gasteiger partial charge in [0.25, 0.3) is 11.5 Å². The zero-order valence-electron chi connectivity index (χ0n) is 20.7. The summed E-state index contributed by atoms with van der Waals surface area (Å²) < 4.78 is 45.7. The highest BCUT2D eigenvalue weighted by molar-refractivity contribution is 6.05. The molecule has 2 N–H and O–H groups in total. The third-order valence-corrected chi connectivity index (χ3v) is 6.57. The van der Waals surface area contributed by atoms with E-state index in [2.05, 4.69) is 15.3 Å². The molecule has 38 heavy (non-hydrogen) atoms. The van der Waals surface area contributed by atoms with Gasteiger partial charge in [0.15, 0.2) is 17.5 Å². The summed E-state index contributed by atoms with van der Waals surface area (Å²) in [6, 6.07) is 1.31. The lowest BCUT2D eigenvalue weighted by Gasteiger charge is -2.35. The summed E-state index contributed by atoms with van der Waals surface area (Å²) in [6.45, 7) is 3.64. The van der Waals surface area contributed by atoms with Crippen molar-refractivity contribution in [1.29, 1.82) is 0 Å². The van der Waals surface area contributed by atoms with E-state index < -0.39 is 29.7 Å². The smallest absolute Gasteiger partial charge is 0.408 e. The summed E-state index contributed by atoms with van der Waals surface area (Å²) >= 11 is 0. The van der Waals surface area contributed by atoms with Crippen molar-refractivity contribution in [2.24, 2.45) is 7.05 Å². The van der Waals surface area contributed by atoms with Crippen molar-refractivity contribution in [2.75, 3.05) is 28.2 Å². The van der Waals surface area contributed by atoms with Crippen molar-refractivity contribution < 1.29 is 27.2 Å². The molecule has 1 fully saturated rings. The average molecular weight is 531 g/mol. The maximum atomic E-state index is 13.5. The minimum atomic E-state index is -4.62. The number of halogens is 3. The van der Waals surface area contributed by atoms with E-state index in [0.717, 1.165) is 6.92 Å². The second-order valence-electron chi connectivity index (χ2n) is 9.27. The number of oxazole rings is 1. The summed E-state index contributed by atoms with van der Waals surface area (Å²) in [7, 11) is 1.53. The lowest BCUT2D eigenvalue weighted by atomic mass is 10.1. The highest BCUT2D eigenvalue weighted by atomic mass is 19.4. The van der Waals surface area contributed by atoms with Gasteiger partial charge in [-0.3, -0.25) is 14.5 Å². The number of nitrogens with one attached hydrogen (secondary N) is 2. The number of pyridine rings is 2. The van der Waals surface area contributed by atoms with E-state index in [4.69, 9.17) is 4.42 Å². The summed E-state index contributed by atoms with van der Waals surface area (Å²) in [5.41, 5.74) is 0.335. The highest BCUT2D eigenvalue weighted by Crippen LogP contribution is 2.39. The summed E-state index contributed by atoms with van der Waals surface area (Å²) in [5.74, 6) is -0.0447. The number of fused-ring (bicyclic) bond motifs is 4. The number of carbonyl (C=O) groups excluding carboxylic acids is 2. The van der Waals surface area contributed by atoms with Crippen molar-refractivity contribution in [2.45, 2.75) is 38.5 Å². The highest BCUT2D eigenvalue weighted by Gasteiger charge is 2.41. The molecule has 1 unspecified atom stereocenters. The van der Waals surface area contributed by atoms with Gasteiger partial charge in [0.2, 0.25) is 0 Å². The van der Waals surface area contributed by atoms with Crippen LogP contribution >= 0.6 is 0 Å². The molecule has 2 bridgehead atoms. The van der Waals surface area contributed by atoms with Gasteiger partial charge >= 0.3 is 12.2 Å². The first-order valence-electron chi connectivity index (χ1n) is 11.8. The van der Waals surface area contributed by atoms with Gasteiger partial charge in [-0.25, -0.2) is 14.8 Å². The third kappa shape index (κ3) is 4.57. The van der Waals surface area contributed by atoms with Crippen molar-refractivity contribution in [3.8, 4) is 11.3 Å². The Morgan fingerprint density at radius 3 is 2.71 bits per heavy atom. The molecule has 14 heteroatoms. The van der Waals surface area contributed by atoms with Crippen LogP contribution in [-0.2, 0) is 7.05 Å². The number of urea groups is 1. The van der Waals surface area contributed by atoms with Crippen LogP contribution < -0.4 is 26.0 Å². The van der Waals surface area contributed by atoms with Crippen LogP contribution in [0.5, 0.6) is 0 Å². The molecule has 5 heterocycles. The molecule has 3 amide bonds. The van der Waals surface area contributed by atoms with Crippen LogP contribution in [0.2, 0.25) is 0 Å². The Morgan fingerprint density at radius 1 is 1.26 bits per heavy atom. The maximum absolute atomic E-state index is 13.5. The van der Waals surface area contributed by atoms with Gasteiger partial charge in [-0.2, -0.15) is 13.2 Å². The standard InChI is InChI=1S/C24H24F3N7O4/c1-12(24(25,26)27)29-21(35)16-4-5-18-20(30-16)34(15-6-7-33(18)11-15)23(37)31-17-8-14(10-32(3)22(17)36)19-9-28-13(2)38-19/h4-5,8-10,12,15H,6-7,11H2,1-3H3,(H,29,35)(H,31,37)/t12?,15-/m0/s1. The number of aromatic nitrogens is 3. The molecule has 2 aliphatic rings. The van der Waals surface area contributed by atoms with E-state index in [-0.39, 0.29) is 23.2 Å². The monoisotopic (exact) mass is 531 g/mol. The average Bonchev–Trinajstić information content (AvgIpc) is 3.48. The normalized spacial score (nSPS) is 17.3.